The van der Waals surface area contributed by atoms with Gasteiger partial charge in [0.2, 0.25) is 5.91 Å². The van der Waals surface area contributed by atoms with Crippen molar-refractivity contribution in [3.8, 4) is 0 Å². The minimum Gasteiger partial charge on any atom is -0.438 e. The Kier molecular flexibility index (Phi) is 5.40. The number of benzene rings is 1. The molecule has 0 saturated carbocycles. The van der Waals surface area contributed by atoms with Gasteiger partial charge in [0.25, 0.3) is 0 Å². The van der Waals surface area contributed by atoms with Crippen molar-refractivity contribution < 1.29 is 18.7 Å². The Hall–Kier alpha value is -2.11. The maximum Gasteiger partial charge on any atom is 0.410 e. The zero-order chi connectivity index (χ0) is 18.8. The molecule has 0 radical (unpaired) electrons. The zero-order valence-corrected chi connectivity index (χ0v) is 15.3. The monoisotopic (exact) mass is 350 g/mol. The molecule has 25 heavy (non-hydrogen) atoms. The number of hydrogen-bond acceptors (Lipinski definition) is 3. The molecule has 5 nitrogen and oxygen atoms in total. The first-order valence-corrected chi connectivity index (χ1v) is 8.59. The van der Waals surface area contributed by atoms with Crippen LogP contribution in [-0.2, 0) is 15.1 Å². The molecule has 2 rings (SSSR count). The van der Waals surface area contributed by atoms with Crippen LogP contribution in [-0.4, -0.2) is 29.5 Å². The Bertz CT molecular complexity index is 639. The number of hydrogen-bond donors (Lipinski definition) is 1. The Morgan fingerprint density at radius 1 is 1.36 bits per heavy atom. The smallest absolute Gasteiger partial charge is 0.410 e. The van der Waals surface area contributed by atoms with Gasteiger partial charge >= 0.3 is 6.09 Å². The van der Waals surface area contributed by atoms with Crippen molar-refractivity contribution in [3.63, 3.8) is 0 Å². The molecule has 1 heterocycles. The summed E-state index contributed by atoms with van der Waals surface area (Å²) in [5.74, 6) is -0.818. The second kappa shape index (κ2) is 7.02. The summed E-state index contributed by atoms with van der Waals surface area (Å²) in [4.78, 5) is 25.7. The van der Waals surface area contributed by atoms with Gasteiger partial charge in [0.05, 0.1) is 0 Å². The summed E-state index contributed by atoms with van der Waals surface area (Å²) in [6, 6.07) is 5.87. The van der Waals surface area contributed by atoms with Gasteiger partial charge in [0, 0.05) is 31.8 Å². The van der Waals surface area contributed by atoms with E-state index >= 15 is 0 Å². The van der Waals surface area contributed by atoms with E-state index in [9.17, 15) is 14.0 Å². The minimum absolute atomic E-state index is 0.00218. The van der Waals surface area contributed by atoms with Gasteiger partial charge < -0.3 is 15.4 Å². The highest BCUT2D eigenvalue weighted by Gasteiger charge is 2.44. The third kappa shape index (κ3) is 4.30. The van der Waals surface area contributed by atoms with Crippen LogP contribution in [0, 0.1) is 11.2 Å². The molecule has 0 unspecified atom stereocenters. The highest BCUT2D eigenvalue weighted by Crippen LogP contribution is 2.40. The van der Waals surface area contributed by atoms with E-state index in [1.54, 1.807) is 17.0 Å². The molecule has 1 fully saturated rings. The van der Waals surface area contributed by atoms with Crippen LogP contribution in [0.1, 0.15) is 52.5 Å². The van der Waals surface area contributed by atoms with Gasteiger partial charge in [-0.1, -0.05) is 32.9 Å². The van der Waals surface area contributed by atoms with E-state index in [-0.39, 0.29) is 30.1 Å². The molecule has 1 aliphatic rings. The molecule has 0 aliphatic carbocycles. The van der Waals surface area contributed by atoms with Crippen molar-refractivity contribution in [1.29, 1.82) is 0 Å². The second-order valence-electron chi connectivity index (χ2n) is 7.82. The van der Waals surface area contributed by atoms with Crippen molar-refractivity contribution in [2.24, 2.45) is 11.1 Å². The normalized spacial score (nSPS) is 22.4. The summed E-state index contributed by atoms with van der Waals surface area (Å²) >= 11 is 0. The molecule has 2 N–H and O–H groups in total. The van der Waals surface area contributed by atoms with E-state index in [1.165, 1.54) is 12.1 Å². The Morgan fingerprint density at radius 3 is 2.44 bits per heavy atom. The molecular formula is C19H27FN2O3. The number of carbonyl (C=O) groups is 2. The van der Waals surface area contributed by atoms with Gasteiger partial charge in [-0.3, -0.25) is 4.79 Å². The van der Waals surface area contributed by atoms with Gasteiger partial charge in [0.1, 0.15) is 11.4 Å². The third-order valence-electron chi connectivity index (χ3n) is 5.14. The third-order valence-corrected chi connectivity index (χ3v) is 5.14. The lowest BCUT2D eigenvalue weighted by Gasteiger charge is -2.46. The first-order valence-electron chi connectivity index (χ1n) is 8.59. The van der Waals surface area contributed by atoms with Gasteiger partial charge in [-0.25, -0.2) is 9.18 Å². The fourth-order valence-corrected chi connectivity index (χ4v) is 3.09. The number of halogens is 1. The predicted molar refractivity (Wildman–Crippen MR) is 93.2 cm³/mol. The molecule has 0 bridgehead atoms. The highest BCUT2D eigenvalue weighted by molar-refractivity contribution is 5.74. The van der Waals surface area contributed by atoms with Crippen molar-refractivity contribution in [2.45, 2.75) is 58.6 Å². The first kappa shape index (κ1) is 19.2. The summed E-state index contributed by atoms with van der Waals surface area (Å²) in [5.41, 5.74) is 4.94. The summed E-state index contributed by atoms with van der Waals surface area (Å²) in [6.45, 7) is 8.71. The lowest BCUT2D eigenvalue weighted by atomic mass is 9.82. The number of nitrogens with zero attached hydrogens (tertiary/aromatic N) is 1. The summed E-state index contributed by atoms with van der Waals surface area (Å²) in [7, 11) is 0. The van der Waals surface area contributed by atoms with Gasteiger partial charge in [-0.15, -0.1) is 0 Å². The first-order chi connectivity index (χ1) is 11.5. The standard InChI is InChI=1S/C19H27FN2O3/c1-13(18(2,3)4)22-12-11-19(25-17(22)24,10-9-16(21)23)14-5-7-15(20)8-6-14/h5-8,13H,9-12H2,1-4H3,(H2,21,23)/t13-,19-/m0/s1. The van der Waals surface area contributed by atoms with Gasteiger partial charge in [0.15, 0.2) is 0 Å². The average molecular weight is 350 g/mol. The highest BCUT2D eigenvalue weighted by atomic mass is 19.1. The second-order valence-corrected chi connectivity index (χ2v) is 7.82. The molecule has 1 saturated heterocycles. The van der Waals surface area contributed by atoms with Crippen LogP contribution in [0.3, 0.4) is 0 Å². The van der Waals surface area contributed by atoms with Crippen molar-refractivity contribution in [1.82, 2.24) is 4.90 Å². The number of carbonyl (C=O) groups excluding carboxylic acids is 2. The van der Waals surface area contributed by atoms with E-state index in [0.29, 0.717) is 18.5 Å². The van der Waals surface area contributed by atoms with Crippen LogP contribution in [0.15, 0.2) is 24.3 Å². The molecule has 2 atom stereocenters. The molecule has 1 aromatic carbocycles. The van der Waals surface area contributed by atoms with Crippen LogP contribution in [0.4, 0.5) is 9.18 Å². The molecule has 0 aromatic heterocycles. The topological polar surface area (TPSA) is 72.6 Å². The lowest BCUT2D eigenvalue weighted by molar-refractivity contribution is -0.121. The number of amides is 2. The largest absolute Gasteiger partial charge is 0.438 e. The number of primary amides is 1. The zero-order valence-electron chi connectivity index (χ0n) is 15.3. The van der Waals surface area contributed by atoms with Gasteiger partial charge in [-0.05, 0) is 30.0 Å². The molecule has 6 heteroatoms. The number of ether oxygens (including phenoxy) is 1. The summed E-state index contributed by atoms with van der Waals surface area (Å²) in [5, 5.41) is 0. The van der Waals surface area contributed by atoms with E-state index in [1.807, 2.05) is 6.92 Å². The fourth-order valence-electron chi connectivity index (χ4n) is 3.09. The van der Waals surface area contributed by atoms with Crippen molar-refractivity contribution >= 4 is 12.0 Å². The molecule has 1 aromatic rings. The quantitative estimate of drug-likeness (QED) is 0.882. The minimum atomic E-state index is -0.950. The fraction of sp³-hybridized carbons (Fsp3) is 0.579. The van der Waals surface area contributed by atoms with Crippen LogP contribution < -0.4 is 5.73 Å². The molecule has 138 valence electrons. The van der Waals surface area contributed by atoms with Crippen molar-refractivity contribution in [3.05, 3.63) is 35.6 Å². The average Bonchev–Trinajstić information content (AvgIpc) is 2.52. The van der Waals surface area contributed by atoms with Crippen LogP contribution in [0.25, 0.3) is 0 Å². The number of cyclic esters (lactones) is 1. The Labute approximate surface area is 148 Å². The van der Waals surface area contributed by atoms with E-state index in [4.69, 9.17) is 10.5 Å². The Balaban J connectivity index is 2.28. The number of nitrogens with two attached hydrogens (primary N) is 1. The van der Waals surface area contributed by atoms with Crippen LogP contribution in [0.2, 0.25) is 0 Å². The van der Waals surface area contributed by atoms with Crippen LogP contribution >= 0.6 is 0 Å². The molecule has 2 amide bonds. The predicted octanol–water partition coefficient (Wildman–Crippen LogP) is 3.56. The maximum atomic E-state index is 13.3. The molecule has 0 spiro atoms. The van der Waals surface area contributed by atoms with E-state index in [2.05, 4.69) is 20.8 Å². The molecule has 1 aliphatic heterocycles. The summed E-state index contributed by atoms with van der Waals surface area (Å²) in [6.07, 6.45) is 0.497. The van der Waals surface area contributed by atoms with Gasteiger partial charge in [-0.2, -0.15) is 0 Å². The maximum absolute atomic E-state index is 13.3. The summed E-state index contributed by atoms with van der Waals surface area (Å²) < 4.78 is 19.1. The number of rotatable bonds is 5. The van der Waals surface area contributed by atoms with Crippen molar-refractivity contribution in [2.75, 3.05) is 6.54 Å². The van der Waals surface area contributed by atoms with E-state index in [0.717, 1.165) is 0 Å². The lowest BCUT2D eigenvalue weighted by Crippen LogP contribution is -2.54. The SMILES string of the molecule is C[C@H](N1CC[C@@](CCC(N)=O)(c2ccc(F)cc2)OC1=O)C(C)(C)C. The van der Waals surface area contributed by atoms with E-state index < -0.39 is 17.6 Å². The Morgan fingerprint density at radius 2 is 1.96 bits per heavy atom. The molecular weight excluding hydrogens is 323 g/mol. The van der Waals surface area contributed by atoms with Crippen LogP contribution in [0.5, 0.6) is 0 Å².